The Balaban J connectivity index is 1.49. The fourth-order valence-electron chi connectivity index (χ4n) is 2.32. The molecule has 2 amide bonds. The molecule has 3 aromatic rings. The van der Waals surface area contributed by atoms with Crippen molar-refractivity contribution in [3.8, 4) is 0 Å². The number of rotatable bonds is 8. The predicted molar refractivity (Wildman–Crippen MR) is 107 cm³/mol. The third-order valence-electron chi connectivity index (χ3n) is 3.65. The summed E-state index contributed by atoms with van der Waals surface area (Å²) in [4.78, 5) is 25.6. The number of thiophene rings is 1. The molecule has 1 aromatic carbocycles. The van der Waals surface area contributed by atoms with Crippen molar-refractivity contribution in [1.29, 1.82) is 0 Å². The highest BCUT2D eigenvalue weighted by Gasteiger charge is 2.10. The van der Waals surface area contributed by atoms with Crippen molar-refractivity contribution < 1.29 is 9.59 Å². The van der Waals surface area contributed by atoms with Gasteiger partial charge in [0.05, 0.1) is 5.75 Å². The molecule has 0 radical (unpaired) electrons. The maximum atomic E-state index is 12.3. The topological polar surface area (TPSA) is 88.9 Å². The SMILES string of the molecule is Cn1cnnc1SCC(=O)Nc1cccc(C(=O)NCCc2cccs2)c1. The number of hydrogen-bond donors (Lipinski definition) is 2. The highest BCUT2D eigenvalue weighted by Crippen LogP contribution is 2.15. The van der Waals surface area contributed by atoms with Crippen LogP contribution in [0.4, 0.5) is 5.69 Å². The number of carbonyl (C=O) groups is 2. The van der Waals surface area contributed by atoms with Gasteiger partial charge in [-0.1, -0.05) is 23.9 Å². The van der Waals surface area contributed by atoms with Crippen LogP contribution in [0, 0.1) is 0 Å². The predicted octanol–water partition coefficient (Wildman–Crippen LogP) is 2.58. The van der Waals surface area contributed by atoms with E-state index in [1.54, 1.807) is 46.5 Å². The van der Waals surface area contributed by atoms with E-state index in [1.165, 1.54) is 16.6 Å². The number of aromatic nitrogens is 3. The van der Waals surface area contributed by atoms with Crippen molar-refractivity contribution in [3.63, 3.8) is 0 Å². The van der Waals surface area contributed by atoms with Crippen LogP contribution in [-0.2, 0) is 18.3 Å². The molecular formula is C18H19N5O2S2. The molecule has 3 rings (SSSR count). The summed E-state index contributed by atoms with van der Waals surface area (Å²) in [5, 5.41) is 16.1. The molecule has 0 aliphatic carbocycles. The maximum absolute atomic E-state index is 12.3. The van der Waals surface area contributed by atoms with Crippen LogP contribution in [0.1, 0.15) is 15.2 Å². The second kappa shape index (κ2) is 9.33. The molecule has 0 aliphatic heterocycles. The molecule has 9 heteroatoms. The number of carbonyl (C=O) groups excluding carboxylic acids is 2. The average molecular weight is 402 g/mol. The Labute approximate surface area is 165 Å². The summed E-state index contributed by atoms with van der Waals surface area (Å²) in [5.74, 6) is -0.113. The van der Waals surface area contributed by atoms with Crippen LogP contribution in [-0.4, -0.2) is 38.9 Å². The zero-order chi connectivity index (χ0) is 19.1. The van der Waals surface area contributed by atoms with Gasteiger partial charge in [0.25, 0.3) is 5.91 Å². The van der Waals surface area contributed by atoms with Crippen molar-refractivity contribution in [3.05, 3.63) is 58.5 Å². The van der Waals surface area contributed by atoms with E-state index in [0.29, 0.717) is 23.0 Å². The van der Waals surface area contributed by atoms with E-state index in [9.17, 15) is 9.59 Å². The van der Waals surface area contributed by atoms with Gasteiger partial charge in [0.2, 0.25) is 5.91 Å². The lowest BCUT2D eigenvalue weighted by molar-refractivity contribution is -0.113. The fraction of sp³-hybridized carbons (Fsp3) is 0.222. The third kappa shape index (κ3) is 5.66. The second-order valence-corrected chi connectivity index (χ2v) is 7.70. The number of hydrogen-bond acceptors (Lipinski definition) is 6. The van der Waals surface area contributed by atoms with E-state index < -0.39 is 0 Å². The van der Waals surface area contributed by atoms with Crippen LogP contribution in [0.15, 0.2) is 53.3 Å². The van der Waals surface area contributed by atoms with Gasteiger partial charge in [-0.15, -0.1) is 21.5 Å². The molecule has 140 valence electrons. The van der Waals surface area contributed by atoms with Gasteiger partial charge >= 0.3 is 0 Å². The van der Waals surface area contributed by atoms with Gasteiger partial charge in [0, 0.05) is 29.7 Å². The number of benzene rings is 1. The molecular weight excluding hydrogens is 382 g/mol. The lowest BCUT2D eigenvalue weighted by Gasteiger charge is -2.08. The molecule has 7 nitrogen and oxygen atoms in total. The van der Waals surface area contributed by atoms with Crippen LogP contribution in [0.5, 0.6) is 0 Å². The molecule has 0 fully saturated rings. The highest BCUT2D eigenvalue weighted by molar-refractivity contribution is 7.99. The summed E-state index contributed by atoms with van der Waals surface area (Å²) < 4.78 is 1.75. The zero-order valence-electron chi connectivity index (χ0n) is 14.7. The first-order valence-corrected chi connectivity index (χ1v) is 10.2. The van der Waals surface area contributed by atoms with Crippen LogP contribution in [0.25, 0.3) is 0 Å². The van der Waals surface area contributed by atoms with E-state index in [0.717, 1.165) is 6.42 Å². The molecule has 0 bridgehead atoms. The van der Waals surface area contributed by atoms with Gasteiger partial charge in [-0.3, -0.25) is 9.59 Å². The number of nitrogens with one attached hydrogen (secondary N) is 2. The minimum atomic E-state index is -0.168. The number of thioether (sulfide) groups is 1. The second-order valence-electron chi connectivity index (χ2n) is 5.73. The molecule has 2 N–H and O–H groups in total. The van der Waals surface area contributed by atoms with Crippen molar-refractivity contribution in [1.82, 2.24) is 20.1 Å². The number of aryl methyl sites for hydroxylation is 1. The third-order valence-corrected chi connectivity index (χ3v) is 5.62. The Morgan fingerprint density at radius 1 is 1.26 bits per heavy atom. The van der Waals surface area contributed by atoms with E-state index in [4.69, 9.17) is 0 Å². The Morgan fingerprint density at radius 3 is 2.89 bits per heavy atom. The minimum Gasteiger partial charge on any atom is -0.352 e. The Bertz CT molecular complexity index is 908. The molecule has 27 heavy (non-hydrogen) atoms. The van der Waals surface area contributed by atoms with E-state index in [1.807, 2.05) is 24.6 Å². The van der Waals surface area contributed by atoms with E-state index >= 15 is 0 Å². The van der Waals surface area contributed by atoms with Crippen molar-refractivity contribution in [2.45, 2.75) is 11.6 Å². The average Bonchev–Trinajstić information content (AvgIpc) is 3.32. The van der Waals surface area contributed by atoms with Crippen LogP contribution >= 0.6 is 23.1 Å². The molecule has 2 aromatic heterocycles. The summed E-state index contributed by atoms with van der Waals surface area (Å²) in [6.45, 7) is 0.574. The monoisotopic (exact) mass is 401 g/mol. The number of anilines is 1. The normalized spacial score (nSPS) is 10.6. The quantitative estimate of drug-likeness (QED) is 0.567. The summed E-state index contributed by atoms with van der Waals surface area (Å²) in [6, 6.07) is 10.9. The highest BCUT2D eigenvalue weighted by atomic mass is 32.2. The minimum absolute atomic E-state index is 0.156. The van der Waals surface area contributed by atoms with Crippen molar-refractivity contribution >= 4 is 40.6 Å². The summed E-state index contributed by atoms with van der Waals surface area (Å²) >= 11 is 2.97. The maximum Gasteiger partial charge on any atom is 0.251 e. The largest absolute Gasteiger partial charge is 0.352 e. The van der Waals surface area contributed by atoms with Crippen LogP contribution in [0.3, 0.4) is 0 Å². The Hall–Kier alpha value is -2.65. The van der Waals surface area contributed by atoms with Crippen LogP contribution in [0.2, 0.25) is 0 Å². The zero-order valence-corrected chi connectivity index (χ0v) is 16.3. The van der Waals surface area contributed by atoms with Crippen molar-refractivity contribution in [2.75, 3.05) is 17.6 Å². The lowest BCUT2D eigenvalue weighted by Crippen LogP contribution is -2.25. The first-order valence-electron chi connectivity index (χ1n) is 8.29. The van der Waals surface area contributed by atoms with Gasteiger partial charge in [-0.2, -0.15) is 0 Å². The fourth-order valence-corrected chi connectivity index (χ4v) is 3.72. The molecule has 0 spiro atoms. The van der Waals surface area contributed by atoms with Gasteiger partial charge in [-0.25, -0.2) is 0 Å². The number of amides is 2. The number of nitrogens with zero attached hydrogens (tertiary/aromatic N) is 3. The Morgan fingerprint density at radius 2 is 2.15 bits per heavy atom. The summed E-state index contributed by atoms with van der Waals surface area (Å²) in [7, 11) is 1.82. The van der Waals surface area contributed by atoms with Gasteiger partial charge in [-0.05, 0) is 36.1 Å². The first kappa shape index (κ1) is 19.1. The molecule has 0 aliphatic rings. The van der Waals surface area contributed by atoms with Gasteiger partial charge < -0.3 is 15.2 Å². The summed E-state index contributed by atoms with van der Waals surface area (Å²) in [5.41, 5.74) is 1.10. The van der Waals surface area contributed by atoms with Gasteiger partial charge in [0.1, 0.15) is 6.33 Å². The van der Waals surface area contributed by atoms with E-state index in [2.05, 4.69) is 20.8 Å². The molecule has 0 unspecified atom stereocenters. The van der Waals surface area contributed by atoms with Gasteiger partial charge in [0.15, 0.2) is 5.16 Å². The lowest BCUT2D eigenvalue weighted by atomic mass is 10.2. The molecule has 0 atom stereocenters. The molecule has 2 heterocycles. The molecule has 0 saturated carbocycles. The van der Waals surface area contributed by atoms with Crippen molar-refractivity contribution in [2.24, 2.45) is 7.05 Å². The standard InChI is InChI=1S/C18H19N5O2S2/c1-23-12-20-22-18(23)27-11-16(24)21-14-5-2-4-13(10-14)17(25)19-8-7-15-6-3-9-26-15/h2-6,9-10,12H,7-8,11H2,1H3,(H,19,25)(H,21,24). The smallest absolute Gasteiger partial charge is 0.251 e. The van der Waals surface area contributed by atoms with Crippen LogP contribution < -0.4 is 10.6 Å². The van der Waals surface area contributed by atoms with E-state index in [-0.39, 0.29) is 17.6 Å². The first-order chi connectivity index (χ1) is 13.1. The summed E-state index contributed by atoms with van der Waals surface area (Å²) in [6.07, 6.45) is 2.39. The Kier molecular flexibility index (Phi) is 6.61. The molecule has 0 saturated heterocycles.